The van der Waals surface area contributed by atoms with Crippen LogP contribution in [0.15, 0.2) is 60.9 Å². The zero-order valence-electron chi connectivity index (χ0n) is 32.7. The minimum Gasteiger partial charge on any atom is -0.353 e. The van der Waals surface area contributed by atoms with Crippen molar-refractivity contribution in [3.63, 3.8) is 0 Å². The van der Waals surface area contributed by atoms with Gasteiger partial charge in [0.2, 0.25) is 5.91 Å². The summed E-state index contributed by atoms with van der Waals surface area (Å²) in [5, 5.41) is 9.75. The Morgan fingerprint density at radius 2 is 1.48 bits per heavy atom. The van der Waals surface area contributed by atoms with Crippen LogP contribution in [-0.4, -0.2) is 45.9 Å². The number of pyridine rings is 2. The van der Waals surface area contributed by atoms with Crippen molar-refractivity contribution in [2.45, 2.75) is 122 Å². The van der Waals surface area contributed by atoms with Crippen molar-refractivity contribution >= 4 is 29.1 Å². The van der Waals surface area contributed by atoms with E-state index < -0.39 is 0 Å². The number of anilines is 1. The van der Waals surface area contributed by atoms with Crippen LogP contribution in [0.2, 0.25) is 0 Å². The fourth-order valence-corrected chi connectivity index (χ4v) is 8.77. The van der Waals surface area contributed by atoms with Crippen LogP contribution in [0.25, 0.3) is 11.1 Å². The lowest BCUT2D eigenvalue weighted by Crippen LogP contribution is -2.25. The SMILES string of the molecule is Cc1c(CC(=O)c2cc(C3CC3)c(CNC[C@@H]3CCC(=O)C3)cn2)cccc1-c1cccc(NC(=O)c2cc(C3CC3)c(CCC[C@@H]3CCC(=O)N3)cn2)c1C. The number of nitrogens with zero attached hydrogens (tertiary/aromatic N) is 2. The van der Waals surface area contributed by atoms with E-state index in [2.05, 4.69) is 45.0 Å². The first kappa shape index (κ1) is 37.9. The molecule has 0 bridgehead atoms. The normalized spacial score (nSPS) is 19.3. The molecule has 1 saturated heterocycles. The Kier molecular flexibility index (Phi) is 11.2. The van der Waals surface area contributed by atoms with Crippen LogP contribution in [0.4, 0.5) is 5.69 Å². The smallest absolute Gasteiger partial charge is 0.274 e. The van der Waals surface area contributed by atoms with Crippen molar-refractivity contribution in [1.82, 2.24) is 20.6 Å². The maximum atomic E-state index is 13.7. The molecular weight excluding hydrogens is 699 g/mol. The van der Waals surface area contributed by atoms with Gasteiger partial charge in [0, 0.05) is 56.4 Å². The summed E-state index contributed by atoms with van der Waals surface area (Å²) < 4.78 is 0. The molecule has 3 N–H and O–H groups in total. The Morgan fingerprint density at radius 1 is 0.786 bits per heavy atom. The van der Waals surface area contributed by atoms with Gasteiger partial charge < -0.3 is 16.0 Å². The van der Waals surface area contributed by atoms with Crippen molar-refractivity contribution < 1.29 is 19.2 Å². The van der Waals surface area contributed by atoms with E-state index in [1.165, 1.54) is 16.7 Å². The van der Waals surface area contributed by atoms with Gasteiger partial charge in [-0.05, 0) is 164 Å². The van der Waals surface area contributed by atoms with Gasteiger partial charge in [-0.1, -0.05) is 30.3 Å². The number of benzene rings is 2. The number of carbonyl (C=O) groups excluding carboxylic acids is 4. The summed E-state index contributed by atoms with van der Waals surface area (Å²) in [5.74, 6) is 1.67. The highest BCUT2D eigenvalue weighted by atomic mass is 16.2. The van der Waals surface area contributed by atoms with Crippen molar-refractivity contribution in [2.24, 2.45) is 5.92 Å². The third-order valence-corrected chi connectivity index (χ3v) is 12.4. The second kappa shape index (κ2) is 16.6. The first-order valence-corrected chi connectivity index (χ1v) is 20.7. The summed E-state index contributed by atoms with van der Waals surface area (Å²) in [6.07, 6.45) is 15.3. The van der Waals surface area contributed by atoms with E-state index in [0.717, 1.165) is 103 Å². The van der Waals surface area contributed by atoms with Crippen LogP contribution in [0.1, 0.15) is 142 Å². The molecule has 0 radical (unpaired) electrons. The average Bonchev–Trinajstić information content (AvgIpc) is 4.13. The van der Waals surface area contributed by atoms with E-state index in [-0.39, 0.29) is 30.1 Å². The Morgan fingerprint density at radius 3 is 2.20 bits per heavy atom. The van der Waals surface area contributed by atoms with Gasteiger partial charge in [-0.3, -0.25) is 29.1 Å². The average molecular weight is 752 g/mol. The number of hydrogen-bond acceptors (Lipinski definition) is 7. The molecule has 3 aliphatic carbocycles. The fourth-order valence-electron chi connectivity index (χ4n) is 8.77. The minimum absolute atomic E-state index is 0.000240. The summed E-state index contributed by atoms with van der Waals surface area (Å²) in [4.78, 5) is 59.9. The largest absolute Gasteiger partial charge is 0.353 e. The zero-order chi connectivity index (χ0) is 38.8. The maximum absolute atomic E-state index is 13.7. The molecule has 2 aromatic heterocycles. The first-order valence-electron chi connectivity index (χ1n) is 20.7. The van der Waals surface area contributed by atoms with Crippen molar-refractivity contribution in [2.75, 3.05) is 11.9 Å². The molecule has 0 unspecified atom stereocenters. The summed E-state index contributed by atoms with van der Waals surface area (Å²) in [7, 11) is 0. The molecule has 2 aromatic carbocycles. The first-order chi connectivity index (χ1) is 27.2. The molecule has 56 heavy (non-hydrogen) atoms. The topological polar surface area (TPSA) is 130 Å². The molecule has 8 rings (SSSR count). The van der Waals surface area contributed by atoms with Gasteiger partial charge in [0.25, 0.3) is 5.91 Å². The Hall–Kier alpha value is -5.02. The van der Waals surface area contributed by atoms with Crippen molar-refractivity contribution in [3.05, 3.63) is 111 Å². The maximum Gasteiger partial charge on any atom is 0.274 e. The van der Waals surface area contributed by atoms with E-state index in [4.69, 9.17) is 0 Å². The lowest BCUT2D eigenvalue weighted by atomic mass is 9.90. The monoisotopic (exact) mass is 751 g/mol. The molecule has 290 valence electrons. The number of nitrogens with one attached hydrogen (secondary N) is 3. The highest BCUT2D eigenvalue weighted by molar-refractivity contribution is 6.04. The fraction of sp³-hybridized carbons (Fsp3) is 0.447. The molecule has 1 aliphatic heterocycles. The third-order valence-electron chi connectivity index (χ3n) is 12.4. The molecule has 9 nitrogen and oxygen atoms in total. The Balaban J connectivity index is 0.930. The number of aromatic nitrogens is 2. The molecule has 0 spiro atoms. The van der Waals surface area contributed by atoms with Crippen LogP contribution >= 0.6 is 0 Å². The summed E-state index contributed by atoms with van der Waals surface area (Å²) >= 11 is 0. The van der Waals surface area contributed by atoms with Crippen LogP contribution in [-0.2, 0) is 29.0 Å². The number of carbonyl (C=O) groups is 4. The number of aryl methyl sites for hydroxylation is 1. The highest BCUT2D eigenvalue weighted by Crippen LogP contribution is 2.43. The van der Waals surface area contributed by atoms with Crippen LogP contribution < -0.4 is 16.0 Å². The van der Waals surface area contributed by atoms with Crippen LogP contribution in [0, 0.1) is 19.8 Å². The van der Waals surface area contributed by atoms with Gasteiger partial charge in [-0.25, -0.2) is 0 Å². The molecule has 4 aromatic rings. The lowest BCUT2D eigenvalue weighted by Gasteiger charge is -2.17. The quantitative estimate of drug-likeness (QED) is 0.0984. The van der Waals surface area contributed by atoms with Crippen molar-refractivity contribution in [1.29, 1.82) is 0 Å². The summed E-state index contributed by atoms with van der Waals surface area (Å²) in [6.45, 7) is 5.62. The molecule has 9 heteroatoms. The molecule has 2 atom stereocenters. The van der Waals surface area contributed by atoms with E-state index in [1.54, 1.807) is 0 Å². The molecule has 4 fully saturated rings. The van der Waals surface area contributed by atoms with E-state index in [0.29, 0.717) is 60.7 Å². The minimum atomic E-state index is -0.228. The molecular formula is C47H53N5O4. The zero-order valence-corrected chi connectivity index (χ0v) is 32.7. The third kappa shape index (κ3) is 8.83. The number of hydrogen-bond donors (Lipinski definition) is 3. The molecule has 3 heterocycles. The molecule has 3 saturated carbocycles. The Labute approximate surface area is 329 Å². The van der Waals surface area contributed by atoms with Crippen LogP contribution in [0.3, 0.4) is 0 Å². The second-order valence-corrected chi connectivity index (χ2v) is 16.7. The van der Waals surface area contributed by atoms with Gasteiger partial charge in [-0.2, -0.15) is 0 Å². The number of Topliss-reactive ketones (excluding diaryl/α,β-unsaturated/α-hetero) is 2. The highest BCUT2D eigenvalue weighted by Gasteiger charge is 2.30. The predicted molar refractivity (Wildman–Crippen MR) is 218 cm³/mol. The summed E-state index contributed by atoms with van der Waals surface area (Å²) in [6, 6.07) is 16.3. The predicted octanol–water partition coefficient (Wildman–Crippen LogP) is 8.25. The van der Waals surface area contributed by atoms with Gasteiger partial charge >= 0.3 is 0 Å². The van der Waals surface area contributed by atoms with Crippen LogP contribution in [0.5, 0.6) is 0 Å². The lowest BCUT2D eigenvalue weighted by molar-refractivity contribution is -0.119. The van der Waals surface area contributed by atoms with Crippen molar-refractivity contribution in [3.8, 4) is 11.1 Å². The molecule has 4 aliphatic rings. The number of rotatable bonds is 16. The van der Waals surface area contributed by atoms with Gasteiger partial charge in [0.1, 0.15) is 17.2 Å². The number of ketones is 2. The van der Waals surface area contributed by atoms with E-state index in [1.807, 2.05) is 55.7 Å². The standard InChI is InChI=1S/C47H53N5O4/c1-28-33(21-45(54)43-22-41(32-15-16-32)35(27-49-43)25-48-24-30-12-18-37(53)20-30)6-4-9-38(28)39-10-5-11-42(29(39)2)52-47(56)44-23-40(31-13-14-31)34(26-50-44)7-3-8-36-17-19-46(55)51-36/h4-6,9-11,22-23,26-27,30-32,36,48H,3,7-8,12-21,24-25H2,1-2H3,(H,51,55)(H,52,56)/t30-,36-/m1/s1. The Bertz CT molecular complexity index is 2020. The van der Waals surface area contributed by atoms with Gasteiger partial charge in [0.05, 0.1) is 0 Å². The van der Waals surface area contributed by atoms with Gasteiger partial charge in [0.15, 0.2) is 5.78 Å². The van der Waals surface area contributed by atoms with Gasteiger partial charge in [-0.15, -0.1) is 0 Å². The van der Waals surface area contributed by atoms with E-state index in [9.17, 15) is 19.2 Å². The molecule has 2 amide bonds. The summed E-state index contributed by atoms with van der Waals surface area (Å²) in [5.41, 5.74) is 11.4. The number of amides is 2. The van der Waals surface area contributed by atoms with E-state index >= 15 is 0 Å². The second-order valence-electron chi connectivity index (χ2n) is 16.7.